The number of imidazole rings is 1. The highest BCUT2D eigenvalue weighted by Crippen LogP contribution is 2.24. The molecule has 0 unspecified atom stereocenters. The lowest BCUT2D eigenvalue weighted by atomic mass is 9.97. The van der Waals surface area contributed by atoms with Crippen molar-refractivity contribution in [3.63, 3.8) is 0 Å². The van der Waals surface area contributed by atoms with E-state index < -0.39 is 0 Å². The first-order chi connectivity index (χ1) is 13.7. The second-order valence-corrected chi connectivity index (χ2v) is 7.75. The molecule has 0 aliphatic carbocycles. The molecule has 4 rings (SSSR count). The Bertz CT molecular complexity index is 934. The van der Waals surface area contributed by atoms with Gasteiger partial charge in [-0.15, -0.1) is 0 Å². The van der Waals surface area contributed by atoms with Crippen LogP contribution in [0.2, 0.25) is 0 Å². The molecule has 1 aliphatic heterocycles. The van der Waals surface area contributed by atoms with E-state index in [9.17, 15) is 4.79 Å². The van der Waals surface area contributed by atoms with E-state index in [0.717, 1.165) is 62.3 Å². The van der Waals surface area contributed by atoms with Crippen LogP contribution in [0.3, 0.4) is 0 Å². The number of aromatic nitrogens is 2. The first-order valence-corrected chi connectivity index (χ1v) is 10.2. The zero-order valence-corrected chi connectivity index (χ0v) is 16.4. The molecule has 2 N–H and O–H groups in total. The minimum Gasteiger partial charge on any atom is -0.356 e. The molecule has 2 aromatic carbocycles. The van der Waals surface area contributed by atoms with Gasteiger partial charge in [-0.2, -0.15) is 0 Å². The lowest BCUT2D eigenvalue weighted by molar-refractivity contribution is -0.125. The number of H-pyrrole nitrogens is 1. The van der Waals surface area contributed by atoms with Gasteiger partial charge in [0.2, 0.25) is 11.9 Å². The third kappa shape index (κ3) is 4.35. The van der Waals surface area contributed by atoms with Gasteiger partial charge in [0.15, 0.2) is 0 Å². The van der Waals surface area contributed by atoms with E-state index in [0.29, 0.717) is 0 Å². The molecule has 2 heterocycles. The second kappa shape index (κ2) is 8.46. The Morgan fingerprint density at radius 2 is 2.11 bits per heavy atom. The van der Waals surface area contributed by atoms with E-state index in [1.54, 1.807) is 0 Å². The van der Waals surface area contributed by atoms with Gasteiger partial charge in [-0.1, -0.05) is 36.4 Å². The molecule has 0 spiro atoms. The van der Waals surface area contributed by atoms with Gasteiger partial charge in [0.1, 0.15) is 0 Å². The normalized spacial score (nSPS) is 17.0. The Hall–Kier alpha value is -2.82. The number of aryl methyl sites for hydroxylation is 2. The Balaban J connectivity index is 1.30. The maximum Gasteiger partial charge on any atom is 0.224 e. The average molecular weight is 377 g/mol. The third-order valence-electron chi connectivity index (χ3n) is 5.50. The summed E-state index contributed by atoms with van der Waals surface area (Å²) < 4.78 is 0. The van der Waals surface area contributed by atoms with E-state index in [1.807, 2.05) is 12.1 Å². The van der Waals surface area contributed by atoms with Crippen LogP contribution in [0.1, 0.15) is 30.4 Å². The molecule has 0 saturated carbocycles. The summed E-state index contributed by atoms with van der Waals surface area (Å²) in [6.45, 7) is 4.48. The number of benzene rings is 2. The smallest absolute Gasteiger partial charge is 0.224 e. The third-order valence-corrected chi connectivity index (χ3v) is 5.50. The second-order valence-electron chi connectivity index (χ2n) is 7.75. The molecule has 0 bridgehead atoms. The minimum absolute atomic E-state index is 0.0282. The molecule has 1 amide bonds. The largest absolute Gasteiger partial charge is 0.356 e. The summed E-state index contributed by atoms with van der Waals surface area (Å²) in [7, 11) is 0. The zero-order chi connectivity index (χ0) is 19.3. The summed E-state index contributed by atoms with van der Waals surface area (Å²) in [6, 6.07) is 16.7. The number of carbonyl (C=O) groups excluding carboxylic acids is 1. The maximum absolute atomic E-state index is 12.6. The van der Waals surface area contributed by atoms with E-state index >= 15 is 0 Å². The van der Waals surface area contributed by atoms with Crippen LogP contribution < -0.4 is 10.2 Å². The quantitative estimate of drug-likeness (QED) is 0.643. The topological polar surface area (TPSA) is 61.0 Å². The molecule has 5 nitrogen and oxygen atoms in total. The number of piperidine rings is 1. The lowest BCUT2D eigenvalue weighted by Gasteiger charge is -2.31. The summed E-state index contributed by atoms with van der Waals surface area (Å²) in [5.74, 6) is 1.08. The van der Waals surface area contributed by atoms with Crippen molar-refractivity contribution in [2.75, 3.05) is 24.5 Å². The zero-order valence-electron chi connectivity index (χ0n) is 16.4. The van der Waals surface area contributed by atoms with Crippen molar-refractivity contribution < 1.29 is 4.79 Å². The van der Waals surface area contributed by atoms with Crippen molar-refractivity contribution in [2.45, 2.75) is 32.6 Å². The molecule has 1 aliphatic rings. The van der Waals surface area contributed by atoms with Crippen molar-refractivity contribution in [2.24, 2.45) is 5.92 Å². The standard InChI is InChI=1S/C23H28N4O/c1-17-11-12-20-21(15-17)26-23(25-20)27-14-6-10-19(16-27)22(28)24-13-5-9-18-7-3-2-4-8-18/h2-4,7-8,11-12,15,19H,5-6,9-10,13-14,16H2,1H3,(H,24,28)(H,25,26)/t19-/m1/s1. The van der Waals surface area contributed by atoms with Crippen molar-refractivity contribution in [3.05, 3.63) is 59.7 Å². The van der Waals surface area contributed by atoms with E-state index in [2.05, 4.69) is 58.5 Å². The molecular weight excluding hydrogens is 348 g/mol. The molecule has 1 aromatic heterocycles. The van der Waals surface area contributed by atoms with Crippen LogP contribution in [0, 0.1) is 12.8 Å². The van der Waals surface area contributed by atoms with Gasteiger partial charge in [0.25, 0.3) is 0 Å². The Morgan fingerprint density at radius 1 is 1.25 bits per heavy atom. The summed E-state index contributed by atoms with van der Waals surface area (Å²) in [4.78, 5) is 23.0. The fourth-order valence-corrected chi connectivity index (χ4v) is 3.94. The monoisotopic (exact) mass is 376 g/mol. The minimum atomic E-state index is 0.0282. The van der Waals surface area contributed by atoms with Gasteiger partial charge in [0, 0.05) is 19.6 Å². The van der Waals surface area contributed by atoms with Crippen LogP contribution in [0.5, 0.6) is 0 Å². The SMILES string of the molecule is Cc1ccc2nc(N3CCC[C@@H](C(=O)NCCCc4ccccc4)C3)[nH]c2c1. The number of nitrogens with one attached hydrogen (secondary N) is 2. The summed E-state index contributed by atoms with van der Waals surface area (Å²) >= 11 is 0. The molecule has 1 atom stereocenters. The van der Waals surface area contributed by atoms with Crippen LogP contribution in [0.15, 0.2) is 48.5 Å². The van der Waals surface area contributed by atoms with Gasteiger partial charge in [-0.25, -0.2) is 4.98 Å². The first-order valence-electron chi connectivity index (χ1n) is 10.2. The van der Waals surface area contributed by atoms with Crippen LogP contribution >= 0.6 is 0 Å². The number of nitrogens with zero attached hydrogens (tertiary/aromatic N) is 2. The number of aromatic amines is 1. The predicted octanol–water partition coefficient (Wildman–Crippen LogP) is 3.84. The van der Waals surface area contributed by atoms with Crippen molar-refractivity contribution in [3.8, 4) is 0 Å². The van der Waals surface area contributed by atoms with Gasteiger partial charge in [0.05, 0.1) is 17.0 Å². The summed E-state index contributed by atoms with van der Waals surface area (Å²) in [5.41, 5.74) is 4.57. The average Bonchev–Trinajstić information content (AvgIpc) is 3.15. The highest BCUT2D eigenvalue weighted by molar-refractivity contribution is 5.80. The highest BCUT2D eigenvalue weighted by Gasteiger charge is 2.27. The number of fused-ring (bicyclic) bond motifs is 1. The van der Waals surface area contributed by atoms with Crippen molar-refractivity contribution in [1.29, 1.82) is 0 Å². The first kappa shape index (κ1) is 18.5. The molecule has 5 heteroatoms. The Labute approximate surface area is 166 Å². The fourth-order valence-electron chi connectivity index (χ4n) is 3.94. The van der Waals surface area contributed by atoms with Crippen LogP contribution in [0.4, 0.5) is 5.95 Å². The highest BCUT2D eigenvalue weighted by atomic mass is 16.1. The number of amides is 1. The van der Waals surface area contributed by atoms with E-state index in [4.69, 9.17) is 4.98 Å². The van der Waals surface area contributed by atoms with Gasteiger partial charge < -0.3 is 15.2 Å². The Kier molecular flexibility index (Phi) is 5.60. The van der Waals surface area contributed by atoms with Gasteiger partial charge in [-0.05, 0) is 55.9 Å². The maximum atomic E-state index is 12.6. The Morgan fingerprint density at radius 3 is 2.96 bits per heavy atom. The molecule has 1 fully saturated rings. The van der Waals surface area contributed by atoms with Gasteiger partial charge >= 0.3 is 0 Å². The fraction of sp³-hybridized carbons (Fsp3) is 0.391. The number of rotatable bonds is 6. The summed E-state index contributed by atoms with van der Waals surface area (Å²) in [5, 5.41) is 3.13. The number of carbonyl (C=O) groups is 1. The van der Waals surface area contributed by atoms with Crippen LogP contribution in [-0.4, -0.2) is 35.5 Å². The van der Waals surface area contributed by atoms with E-state index in [1.165, 1.54) is 11.1 Å². The number of anilines is 1. The predicted molar refractivity (Wildman–Crippen MR) is 114 cm³/mol. The molecule has 1 saturated heterocycles. The summed E-state index contributed by atoms with van der Waals surface area (Å²) in [6.07, 6.45) is 3.92. The molecule has 0 radical (unpaired) electrons. The lowest BCUT2D eigenvalue weighted by Crippen LogP contribution is -2.43. The number of hydrogen-bond acceptors (Lipinski definition) is 3. The molecular formula is C23H28N4O. The van der Waals surface area contributed by atoms with E-state index in [-0.39, 0.29) is 11.8 Å². The van der Waals surface area contributed by atoms with Crippen molar-refractivity contribution >= 4 is 22.9 Å². The van der Waals surface area contributed by atoms with Gasteiger partial charge in [-0.3, -0.25) is 4.79 Å². The van der Waals surface area contributed by atoms with Crippen molar-refractivity contribution in [1.82, 2.24) is 15.3 Å². The number of hydrogen-bond donors (Lipinski definition) is 2. The van der Waals surface area contributed by atoms with Crippen LogP contribution in [-0.2, 0) is 11.2 Å². The molecule has 3 aromatic rings. The molecule has 28 heavy (non-hydrogen) atoms. The van der Waals surface area contributed by atoms with Crippen LogP contribution in [0.25, 0.3) is 11.0 Å². The molecule has 146 valence electrons.